The van der Waals surface area contributed by atoms with Crippen molar-refractivity contribution in [3.05, 3.63) is 35.2 Å². The molecule has 0 aliphatic heterocycles. The van der Waals surface area contributed by atoms with Gasteiger partial charge in [0.2, 0.25) is 5.95 Å². The van der Waals surface area contributed by atoms with Crippen LogP contribution in [-0.4, -0.2) is 21.2 Å². The van der Waals surface area contributed by atoms with Gasteiger partial charge >= 0.3 is 0 Å². The molecule has 6 heteroatoms. The van der Waals surface area contributed by atoms with Gasteiger partial charge in [-0.1, -0.05) is 13.8 Å². The number of rotatable bonds is 4. The molecule has 0 radical (unpaired) electrons. The van der Waals surface area contributed by atoms with Crippen molar-refractivity contribution in [3.8, 4) is 0 Å². The molecule has 0 aliphatic rings. The van der Waals surface area contributed by atoms with E-state index in [1.807, 2.05) is 12.5 Å². The second-order valence-electron chi connectivity index (χ2n) is 4.90. The lowest BCUT2D eigenvalue weighted by Crippen LogP contribution is -2.06. The Hall–Kier alpha value is -1.82. The predicted octanol–water partition coefficient (Wildman–Crippen LogP) is 2.47. The van der Waals surface area contributed by atoms with Crippen LogP contribution in [0.1, 0.15) is 36.5 Å². The number of pyridine rings is 1. The lowest BCUT2D eigenvalue weighted by atomic mass is 9.95. The fourth-order valence-electron chi connectivity index (χ4n) is 2.05. The van der Waals surface area contributed by atoms with Gasteiger partial charge in [0.25, 0.3) is 0 Å². The molecule has 0 fully saturated rings. The smallest absolute Gasteiger partial charge is 0.221 e. The van der Waals surface area contributed by atoms with E-state index in [0.717, 1.165) is 10.6 Å². The third kappa shape index (κ3) is 3.19. The lowest BCUT2D eigenvalue weighted by molar-refractivity contribution is 0.828. The summed E-state index contributed by atoms with van der Waals surface area (Å²) in [6.45, 7) is 4.31. The Bertz CT molecular complexity index is 613. The Kier molecular flexibility index (Phi) is 4.44. The largest absolute Gasteiger partial charge is 0.383 e. The van der Waals surface area contributed by atoms with Gasteiger partial charge in [-0.05, 0) is 29.4 Å². The summed E-state index contributed by atoms with van der Waals surface area (Å²) in [6.07, 6.45) is 6.35. The minimum absolute atomic E-state index is 0.204. The van der Waals surface area contributed by atoms with Crippen LogP contribution < -0.4 is 11.5 Å². The third-order valence-corrected chi connectivity index (χ3v) is 3.77. The summed E-state index contributed by atoms with van der Waals surface area (Å²) >= 11 is 1.63. The Morgan fingerprint density at radius 1 is 1.15 bits per heavy atom. The Labute approximate surface area is 123 Å². The van der Waals surface area contributed by atoms with Crippen molar-refractivity contribution in [3.63, 3.8) is 0 Å². The Balaban J connectivity index is 2.40. The molecule has 20 heavy (non-hydrogen) atoms. The highest BCUT2D eigenvalue weighted by Gasteiger charge is 2.12. The normalized spacial score (nSPS) is 11.0. The third-order valence-electron chi connectivity index (χ3n) is 3.13. The van der Waals surface area contributed by atoms with Crippen LogP contribution in [0.3, 0.4) is 0 Å². The molecule has 0 amide bonds. The van der Waals surface area contributed by atoms with Crippen molar-refractivity contribution in [1.29, 1.82) is 0 Å². The quantitative estimate of drug-likeness (QED) is 0.840. The molecule has 2 aromatic rings. The molecule has 0 aliphatic carbocycles. The summed E-state index contributed by atoms with van der Waals surface area (Å²) in [5.41, 5.74) is 14.8. The molecule has 0 saturated heterocycles. The molecule has 5 nitrogen and oxygen atoms in total. The summed E-state index contributed by atoms with van der Waals surface area (Å²) in [5, 5.41) is 0.999. The fourth-order valence-corrected chi connectivity index (χ4v) is 2.46. The highest BCUT2D eigenvalue weighted by Crippen LogP contribution is 2.26. The number of hydrogen-bond acceptors (Lipinski definition) is 6. The van der Waals surface area contributed by atoms with E-state index in [1.165, 1.54) is 11.1 Å². The highest BCUT2D eigenvalue weighted by molar-refractivity contribution is 7.98. The minimum atomic E-state index is 0.204. The zero-order valence-electron chi connectivity index (χ0n) is 11.9. The first-order valence-electron chi connectivity index (χ1n) is 6.41. The number of nitrogens with zero attached hydrogens (tertiary/aromatic N) is 3. The van der Waals surface area contributed by atoms with Gasteiger partial charge in [0.15, 0.2) is 0 Å². The first-order chi connectivity index (χ1) is 9.51. The molecular weight excluding hydrogens is 270 g/mol. The van der Waals surface area contributed by atoms with Gasteiger partial charge in [-0.25, -0.2) is 9.97 Å². The van der Waals surface area contributed by atoms with Crippen LogP contribution in [0.15, 0.2) is 23.5 Å². The molecule has 0 unspecified atom stereocenters. The molecule has 0 bridgehead atoms. The van der Waals surface area contributed by atoms with Crippen LogP contribution in [0, 0.1) is 0 Å². The molecule has 0 aromatic carbocycles. The maximum Gasteiger partial charge on any atom is 0.221 e. The van der Waals surface area contributed by atoms with Crippen LogP contribution in [0.4, 0.5) is 11.8 Å². The van der Waals surface area contributed by atoms with Crippen LogP contribution in [-0.2, 0) is 6.42 Å². The lowest BCUT2D eigenvalue weighted by Gasteiger charge is -2.14. The number of hydrogen-bond donors (Lipinski definition) is 2. The number of thioether (sulfide) groups is 1. The first-order valence-corrected chi connectivity index (χ1v) is 7.63. The molecule has 2 rings (SSSR count). The van der Waals surface area contributed by atoms with E-state index in [2.05, 4.69) is 34.9 Å². The summed E-state index contributed by atoms with van der Waals surface area (Å²) in [6, 6.07) is 2.11. The van der Waals surface area contributed by atoms with E-state index in [4.69, 9.17) is 11.5 Å². The van der Waals surface area contributed by atoms with Crippen LogP contribution in [0.2, 0.25) is 0 Å². The van der Waals surface area contributed by atoms with Gasteiger partial charge in [-0.15, -0.1) is 11.8 Å². The second-order valence-corrected chi connectivity index (χ2v) is 5.72. The first kappa shape index (κ1) is 14.6. The van der Waals surface area contributed by atoms with E-state index in [9.17, 15) is 0 Å². The van der Waals surface area contributed by atoms with Crippen molar-refractivity contribution < 1.29 is 0 Å². The average molecular weight is 289 g/mol. The van der Waals surface area contributed by atoms with Gasteiger partial charge in [0.05, 0.1) is 5.03 Å². The van der Waals surface area contributed by atoms with Crippen molar-refractivity contribution in [1.82, 2.24) is 15.0 Å². The molecule has 0 saturated carbocycles. The summed E-state index contributed by atoms with van der Waals surface area (Å²) in [7, 11) is 0. The molecule has 0 spiro atoms. The monoisotopic (exact) mass is 289 g/mol. The van der Waals surface area contributed by atoms with Gasteiger partial charge < -0.3 is 11.5 Å². The molecule has 4 N–H and O–H groups in total. The van der Waals surface area contributed by atoms with Gasteiger partial charge in [0.1, 0.15) is 5.82 Å². The number of nitrogen functional groups attached to an aromatic ring is 2. The number of nitrogens with two attached hydrogens (primary N) is 2. The van der Waals surface area contributed by atoms with E-state index >= 15 is 0 Å². The van der Waals surface area contributed by atoms with Gasteiger partial charge in [-0.3, -0.25) is 0 Å². The van der Waals surface area contributed by atoms with E-state index < -0.39 is 0 Å². The second kappa shape index (κ2) is 6.09. The standard InChI is InChI=1S/C14H19N5S/c1-8(2)11-7-17-12(20-3)5-9(11)4-10-6-18-14(16)19-13(10)15/h5-8H,4H2,1-3H3,(H4,15,16,18,19). The fraction of sp³-hybridized carbons (Fsp3) is 0.357. The van der Waals surface area contributed by atoms with E-state index in [-0.39, 0.29) is 5.95 Å². The van der Waals surface area contributed by atoms with E-state index in [0.29, 0.717) is 18.2 Å². The molecule has 2 aromatic heterocycles. The summed E-state index contributed by atoms with van der Waals surface area (Å²) in [5.74, 6) is 1.05. The maximum absolute atomic E-state index is 5.91. The van der Waals surface area contributed by atoms with E-state index in [1.54, 1.807) is 18.0 Å². The molecule has 2 heterocycles. The van der Waals surface area contributed by atoms with Crippen LogP contribution in [0.5, 0.6) is 0 Å². The van der Waals surface area contributed by atoms with Crippen molar-refractivity contribution >= 4 is 23.5 Å². The molecule has 0 atom stereocenters. The van der Waals surface area contributed by atoms with Gasteiger partial charge in [0, 0.05) is 24.4 Å². The molecule has 106 valence electrons. The Morgan fingerprint density at radius 3 is 2.50 bits per heavy atom. The average Bonchev–Trinajstić information content (AvgIpc) is 2.41. The Morgan fingerprint density at radius 2 is 1.90 bits per heavy atom. The zero-order valence-corrected chi connectivity index (χ0v) is 12.7. The topological polar surface area (TPSA) is 90.7 Å². The minimum Gasteiger partial charge on any atom is -0.383 e. The number of aromatic nitrogens is 3. The van der Waals surface area contributed by atoms with Gasteiger partial charge in [-0.2, -0.15) is 4.98 Å². The van der Waals surface area contributed by atoms with Crippen molar-refractivity contribution in [2.75, 3.05) is 17.7 Å². The molecular formula is C14H19N5S. The van der Waals surface area contributed by atoms with Crippen LogP contribution in [0.25, 0.3) is 0 Å². The summed E-state index contributed by atoms with van der Waals surface area (Å²) in [4.78, 5) is 12.5. The zero-order chi connectivity index (χ0) is 14.7. The summed E-state index contributed by atoms with van der Waals surface area (Å²) < 4.78 is 0. The SMILES string of the molecule is CSc1cc(Cc2cnc(N)nc2N)c(C(C)C)cn1. The predicted molar refractivity (Wildman–Crippen MR) is 83.8 cm³/mol. The van der Waals surface area contributed by atoms with Crippen molar-refractivity contribution in [2.45, 2.75) is 31.2 Å². The maximum atomic E-state index is 5.91. The van der Waals surface area contributed by atoms with Crippen molar-refractivity contribution in [2.24, 2.45) is 0 Å². The highest BCUT2D eigenvalue weighted by atomic mass is 32.2. The number of anilines is 2. The van der Waals surface area contributed by atoms with Crippen LogP contribution >= 0.6 is 11.8 Å².